The normalized spacial score (nSPS) is 16.4. The third kappa shape index (κ3) is 12.7. The molecule has 1 aliphatic rings. The van der Waals surface area contributed by atoms with Crippen molar-refractivity contribution >= 4 is 39.5 Å². The number of anilines is 1. The summed E-state index contributed by atoms with van der Waals surface area (Å²) in [6.45, 7) is 28.6. The van der Waals surface area contributed by atoms with Gasteiger partial charge in [-0.1, -0.05) is 82.3 Å². The van der Waals surface area contributed by atoms with Crippen molar-refractivity contribution in [2.75, 3.05) is 38.2 Å². The van der Waals surface area contributed by atoms with Gasteiger partial charge in [0.15, 0.2) is 5.65 Å². The lowest BCUT2D eigenvalue weighted by molar-refractivity contribution is 0.0491. The third-order valence-electron chi connectivity index (χ3n) is 10.0. The molecule has 1 N–H and O–H groups in total. The second-order valence-electron chi connectivity index (χ2n) is 18.6. The van der Waals surface area contributed by atoms with Crippen LogP contribution in [0.2, 0.25) is 51.4 Å². The van der Waals surface area contributed by atoms with Crippen molar-refractivity contribution in [2.45, 2.75) is 122 Å². The molecule has 310 valence electrons. The minimum atomic E-state index is -1.34. The molecule has 1 fully saturated rings. The largest absolute Gasteiger partial charge is 0.494 e. The maximum Gasteiger partial charge on any atom is 0.407 e. The Hall–Kier alpha value is -4.05. The Bertz CT molecular complexity index is 1900. The van der Waals surface area contributed by atoms with Crippen LogP contribution in [0.15, 0.2) is 61.4 Å². The molecular weight excluding hydrogens is 749 g/mol. The van der Waals surface area contributed by atoms with Gasteiger partial charge in [-0.3, -0.25) is 4.98 Å². The van der Waals surface area contributed by atoms with E-state index in [1.165, 1.54) is 0 Å². The lowest BCUT2D eigenvalue weighted by Gasteiger charge is -2.33. The molecule has 0 bridgehead atoms. The molecule has 1 saturated carbocycles. The van der Waals surface area contributed by atoms with Crippen LogP contribution in [0.5, 0.6) is 0 Å². The smallest absolute Gasteiger partial charge is 0.407 e. The van der Waals surface area contributed by atoms with Crippen LogP contribution in [0.1, 0.15) is 70.6 Å². The molecule has 0 spiro atoms. The fraction of sp³-hybridized carbons (Fsp3) is 0.545. The topological polar surface area (TPSA) is 112 Å². The monoisotopic (exact) mass is 814 g/mol. The Morgan fingerprint density at radius 3 is 2.07 bits per heavy atom. The SMILES string of the molecule is C=C(OCC)c1c(N(COCC[Si](C)(C)C)COCC[Si](C)(C)C)n2ncc(-c3ccc(-c4ccccc4)nc3)c2nc1[C@H]1CC[C@@H](NC(=O)OC(C)(C)C)CC1. The molecule has 5 rings (SSSR count). The minimum Gasteiger partial charge on any atom is -0.494 e. The van der Waals surface area contributed by atoms with E-state index in [-0.39, 0.29) is 18.1 Å². The Labute approximate surface area is 342 Å². The number of carbonyl (C=O) groups is 1. The molecule has 57 heavy (non-hydrogen) atoms. The first kappa shape index (κ1) is 44.1. The van der Waals surface area contributed by atoms with Crippen molar-refractivity contribution in [3.05, 3.63) is 72.7 Å². The molecule has 13 heteroatoms. The van der Waals surface area contributed by atoms with Gasteiger partial charge in [0, 0.05) is 64.2 Å². The number of fused-ring (bicyclic) bond motifs is 1. The van der Waals surface area contributed by atoms with Crippen molar-refractivity contribution in [2.24, 2.45) is 0 Å². The minimum absolute atomic E-state index is 0.00797. The fourth-order valence-electron chi connectivity index (χ4n) is 6.88. The zero-order valence-electron chi connectivity index (χ0n) is 36.1. The van der Waals surface area contributed by atoms with E-state index >= 15 is 0 Å². The summed E-state index contributed by atoms with van der Waals surface area (Å²) in [5, 5.41) is 8.13. The van der Waals surface area contributed by atoms with Crippen LogP contribution in [-0.2, 0) is 18.9 Å². The first-order valence-corrected chi connectivity index (χ1v) is 28.0. The van der Waals surface area contributed by atoms with E-state index in [4.69, 9.17) is 34.0 Å². The number of amides is 1. The van der Waals surface area contributed by atoms with Gasteiger partial charge in [-0.15, -0.1) is 0 Å². The molecular formula is C44H66N6O5Si2. The summed E-state index contributed by atoms with van der Waals surface area (Å²) >= 11 is 0. The average Bonchev–Trinajstić information content (AvgIpc) is 3.56. The highest BCUT2D eigenvalue weighted by atomic mass is 28.3. The summed E-state index contributed by atoms with van der Waals surface area (Å²) < 4.78 is 26.7. The molecule has 0 saturated heterocycles. The number of benzene rings is 1. The number of pyridine rings is 1. The lowest BCUT2D eigenvalue weighted by Crippen LogP contribution is -2.41. The van der Waals surface area contributed by atoms with Gasteiger partial charge < -0.3 is 29.2 Å². The number of hydrogen-bond acceptors (Lipinski definition) is 9. The van der Waals surface area contributed by atoms with E-state index < -0.39 is 21.7 Å². The summed E-state index contributed by atoms with van der Waals surface area (Å²) in [4.78, 5) is 25.2. The molecule has 1 aromatic carbocycles. The first-order valence-electron chi connectivity index (χ1n) is 20.6. The molecule has 1 aliphatic carbocycles. The summed E-state index contributed by atoms with van der Waals surface area (Å²) in [5.41, 5.74) is 5.60. The van der Waals surface area contributed by atoms with Crippen LogP contribution < -0.4 is 10.2 Å². The van der Waals surface area contributed by atoms with Gasteiger partial charge in [0.2, 0.25) is 0 Å². The van der Waals surface area contributed by atoms with Gasteiger partial charge >= 0.3 is 6.09 Å². The maximum absolute atomic E-state index is 12.7. The first-order chi connectivity index (χ1) is 26.9. The number of aromatic nitrogens is 4. The Morgan fingerprint density at radius 2 is 1.53 bits per heavy atom. The van der Waals surface area contributed by atoms with Crippen molar-refractivity contribution in [1.82, 2.24) is 24.9 Å². The van der Waals surface area contributed by atoms with Crippen LogP contribution >= 0.6 is 0 Å². The van der Waals surface area contributed by atoms with Gasteiger partial charge in [0.05, 0.1) is 29.8 Å². The van der Waals surface area contributed by atoms with E-state index in [0.29, 0.717) is 44.7 Å². The van der Waals surface area contributed by atoms with Crippen LogP contribution in [0.3, 0.4) is 0 Å². The Balaban J connectivity index is 1.61. The lowest BCUT2D eigenvalue weighted by atomic mass is 9.82. The molecule has 0 radical (unpaired) electrons. The predicted octanol–water partition coefficient (Wildman–Crippen LogP) is 10.4. The zero-order valence-corrected chi connectivity index (χ0v) is 38.1. The van der Waals surface area contributed by atoms with Crippen LogP contribution in [0, 0.1) is 0 Å². The second-order valence-corrected chi connectivity index (χ2v) is 29.8. The van der Waals surface area contributed by atoms with Gasteiger partial charge in [0.25, 0.3) is 0 Å². The van der Waals surface area contributed by atoms with E-state index in [0.717, 1.165) is 77.2 Å². The molecule has 3 aromatic heterocycles. The van der Waals surface area contributed by atoms with Gasteiger partial charge in [-0.05, 0) is 71.5 Å². The molecule has 3 heterocycles. The van der Waals surface area contributed by atoms with Crippen molar-refractivity contribution in [3.63, 3.8) is 0 Å². The van der Waals surface area contributed by atoms with Crippen LogP contribution in [0.25, 0.3) is 33.8 Å². The molecule has 0 unspecified atom stereocenters. The summed E-state index contributed by atoms with van der Waals surface area (Å²) in [6.07, 6.45) is 6.59. The Kier molecular flexibility index (Phi) is 14.8. The third-order valence-corrected chi connectivity index (χ3v) is 13.4. The van der Waals surface area contributed by atoms with Gasteiger partial charge in [-0.25, -0.2) is 9.78 Å². The van der Waals surface area contributed by atoms with Crippen molar-refractivity contribution < 1.29 is 23.7 Å². The van der Waals surface area contributed by atoms with Gasteiger partial charge in [-0.2, -0.15) is 9.61 Å². The number of rotatable bonds is 18. The Morgan fingerprint density at radius 1 is 0.895 bits per heavy atom. The molecule has 11 nitrogen and oxygen atoms in total. The van der Waals surface area contributed by atoms with Crippen LogP contribution in [-0.4, -0.2) is 86.7 Å². The van der Waals surface area contributed by atoms with Crippen molar-refractivity contribution in [3.8, 4) is 22.4 Å². The number of hydrogen-bond donors (Lipinski definition) is 1. The maximum atomic E-state index is 12.7. The molecule has 1 amide bonds. The predicted molar refractivity (Wildman–Crippen MR) is 237 cm³/mol. The summed E-state index contributed by atoms with van der Waals surface area (Å²) in [5.74, 6) is 1.39. The molecule has 4 aromatic rings. The van der Waals surface area contributed by atoms with E-state index in [1.807, 2.05) is 68.9 Å². The number of nitrogens with zero attached hydrogens (tertiary/aromatic N) is 5. The zero-order chi connectivity index (χ0) is 41.4. The van der Waals surface area contributed by atoms with Gasteiger partial charge in [0.1, 0.15) is 30.6 Å². The quantitative estimate of drug-likeness (QED) is 0.0454. The molecule has 0 atom stereocenters. The van der Waals surface area contributed by atoms with E-state index in [1.54, 1.807) is 0 Å². The number of ether oxygens (including phenoxy) is 4. The standard InChI is InChI=1S/C44H66N6O5Si2/c1-12-54-32(2)39-40(34-18-21-36(22-19-34)47-43(51)55-44(3,4)5)48-41-37(35-20-23-38(45-28-35)33-16-14-13-15-17-33)29-46-50(41)42(39)49(30-52-24-26-56(6,7)8)31-53-25-27-57(9,10)11/h13-17,20,23,28-29,34,36H,2,12,18-19,21-22,24-27,30-31H2,1,3-11H3,(H,47,51)/t34-,36+. The number of alkyl carbamates (subject to hydrolysis) is 1. The van der Waals surface area contributed by atoms with E-state index in [9.17, 15) is 4.79 Å². The highest BCUT2D eigenvalue weighted by molar-refractivity contribution is 6.76. The number of carbonyl (C=O) groups excluding carboxylic acids is 1. The second kappa shape index (κ2) is 19.1. The molecule has 0 aliphatic heterocycles. The number of nitrogens with one attached hydrogen (secondary N) is 1. The summed E-state index contributed by atoms with van der Waals surface area (Å²) in [6, 6.07) is 16.4. The fourth-order valence-corrected chi connectivity index (χ4v) is 8.40. The highest BCUT2D eigenvalue weighted by Crippen LogP contribution is 2.42. The van der Waals surface area contributed by atoms with Crippen molar-refractivity contribution in [1.29, 1.82) is 0 Å². The summed E-state index contributed by atoms with van der Waals surface area (Å²) in [7, 11) is -2.67. The van der Waals surface area contributed by atoms with Crippen LogP contribution in [0.4, 0.5) is 10.6 Å². The highest BCUT2D eigenvalue weighted by Gasteiger charge is 2.33. The average molecular weight is 815 g/mol. The van der Waals surface area contributed by atoms with E-state index in [2.05, 4.69) is 74.3 Å².